The highest BCUT2D eigenvalue weighted by Gasteiger charge is 2.32. The first kappa shape index (κ1) is 22.7. The number of carbonyl (C=O) groups is 4. The molecule has 2 rings (SSSR count). The summed E-state index contributed by atoms with van der Waals surface area (Å²) in [6.07, 6.45) is 0.452. The van der Waals surface area contributed by atoms with Crippen LogP contribution in [0.5, 0.6) is 5.75 Å². The van der Waals surface area contributed by atoms with Crippen LogP contribution in [-0.2, 0) is 19.1 Å². The molecular formula is C20H25N3O7. The molecule has 1 aromatic carbocycles. The molecule has 0 aliphatic carbocycles. The Morgan fingerprint density at radius 3 is 2.53 bits per heavy atom. The Morgan fingerprint density at radius 1 is 1.13 bits per heavy atom. The predicted octanol–water partition coefficient (Wildman–Crippen LogP) is 0.877. The van der Waals surface area contributed by atoms with E-state index in [1.807, 2.05) is 0 Å². The van der Waals surface area contributed by atoms with Gasteiger partial charge in [0.15, 0.2) is 0 Å². The third-order valence-electron chi connectivity index (χ3n) is 4.27. The van der Waals surface area contributed by atoms with Crippen molar-refractivity contribution in [3.05, 3.63) is 41.1 Å². The van der Waals surface area contributed by atoms with E-state index in [9.17, 15) is 19.2 Å². The summed E-state index contributed by atoms with van der Waals surface area (Å²) in [5, 5.41) is 7.55. The summed E-state index contributed by atoms with van der Waals surface area (Å²) in [7, 11) is 1.44. The molecule has 10 nitrogen and oxygen atoms in total. The van der Waals surface area contributed by atoms with Crippen molar-refractivity contribution in [1.82, 2.24) is 16.0 Å². The van der Waals surface area contributed by atoms with Gasteiger partial charge in [-0.3, -0.25) is 9.59 Å². The lowest BCUT2D eigenvalue weighted by Crippen LogP contribution is -2.51. The third-order valence-corrected chi connectivity index (χ3v) is 4.27. The highest BCUT2D eigenvalue weighted by Crippen LogP contribution is 2.18. The van der Waals surface area contributed by atoms with E-state index < -0.39 is 36.5 Å². The summed E-state index contributed by atoms with van der Waals surface area (Å²) in [6, 6.07) is 5.51. The van der Waals surface area contributed by atoms with Gasteiger partial charge in [-0.1, -0.05) is 19.1 Å². The van der Waals surface area contributed by atoms with E-state index in [1.165, 1.54) is 7.11 Å². The van der Waals surface area contributed by atoms with Crippen LogP contribution in [0.1, 0.15) is 30.6 Å². The van der Waals surface area contributed by atoms with Gasteiger partial charge in [0, 0.05) is 0 Å². The number of methoxy groups -OCH3 is 1. The lowest BCUT2D eigenvalue weighted by Gasteiger charge is -2.28. The largest absolute Gasteiger partial charge is 0.496 e. The number of rotatable bonds is 9. The predicted molar refractivity (Wildman–Crippen MR) is 106 cm³/mol. The summed E-state index contributed by atoms with van der Waals surface area (Å²) in [5.41, 5.74) is 0.620. The fraction of sp³-hybridized carbons (Fsp3) is 0.400. The van der Waals surface area contributed by atoms with E-state index in [2.05, 4.69) is 16.0 Å². The lowest BCUT2D eigenvalue weighted by molar-refractivity contribution is -0.142. The van der Waals surface area contributed by atoms with Crippen LogP contribution in [0, 0.1) is 0 Å². The van der Waals surface area contributed by atoms with Gasteiger partial charge in [-0.25, -0.2) is 9.59 Å². The molecule has 1 atom stereocenters. The van der Waals surface area contributed by atoms with E-state index in [0.717, 1.165) is 0 Å². The van der Waals surface area contributed by atoms with Crippen molar-refractivity contribution in [3.63, 3.8) is 0 Å². The van der Waals surface area contributed by atoms with Gasteiger partial charge in [0.1, 0.15) is 18.9 Å². The van der Waals surface area contributed by atoms with Crippen LogP contribution >= 0.6 is 0 Å². The normalized spacial score (nSPS) is 15.6. The highest BCUT2D eigenvalue weighted by atomic mass is 16.5. The van der Waals surface area contributed by atoms with Crippen LogP contribution in [-0.4, -0.2) is 56.8 Å². The standard InChI is InChI=1S/C20H25N3O7/c1-4-13-17(19(26)29-5-2)14(23-20(27)22-13)11-30-16(24)10-21-18(25)12-8-6-7-9-15(12)28-3/h6-9,13H,4-5,10-11H2,1-3H3,(H,21,25)(H2,22,23,27)/t13-/m0/s1. The van der Waals surface area contributed by atoms with Gasteiger partial charge in [-0.2, -0.15) is 0 Å². The first-order chi connectivity index (χ1) is 14.4. The number of ether oxygens (including phenoxy) is 3. The van der Waals surface area contributed by atoms with Crippen LogP contribution in [0.15, 0.2) is 35.5 Å². The number of esters is 2. The first-order valence-electron chi connectivity index (χ1n) is 9.45. The molecule has 0 unspecified atom stereocenters. The van der Waals surface area contributed by atoms with Crippen LogP contribution in [0.3, 0.4) is 0 Å². The molecule has 0 fully saturated rings. The Balaban J connectivity index is 2.01. The average Bonchev–Trinajstić information content (AvgIpc) is 2.75. The Kier molecular flexibility index (Phi) is 8.21. The minimum Gasteiger partial charge on any atom is -0.496 e. The number of para-hydroxylation sites is 1. The quantitative estimate of drug-likeness (QED) is 0.506. The van der Waals surface area contributed by atoms with Crippen molar-refractivity contribution in [2.24, 2.45) is 0 Å². The summed E-state index contributed by atoms with van der Waals surface area (Å²) >= 11 is 0. The Bertz CT molecular complexity index is 851. The minimum atomic E-state index is -0.741. The van der Waals surface area contributed by atoms with Gasteiger partial charge in [0.05, 0.1) is 36.6 Å². The molecule has 0 bridgehead atoms. The van der Waals surface area contributed by atoms with E-state index in [1.54, 1.807) is 38.1 Å². The molecular weight excluding hydrogens is 394 g/mol. The van der Waals surface area contributed by atoms with Crippen molar-refractivity contribution < 1.29 is 33.4 Å². The monoisotopic (exact) mass is 419 g/mol. The zero-order chi connectivity index (χ0) is 22.1. The fourth-order valence-corrected chi connectivity index (χ4v) is 2.86. The highest BCUT2D eigenvalue weighted by molar-refractivity contribution is 5.98. The maximum atomic E-state index is 12.3. The summed E-state index contributed by atoms with van der Waals surface area (Å²) in [6.45, 7) is 2.88. The van der Waals surface area contributed by atoms with Gasteiger partial charge in [0.2, 0.25) is 0 Å². The zero-order valence-electron chi connectivity index (χ0n) is 17.1. The molecule has 30 heavy (non-hydrogen) atoms. The summed E-state index contributed by atoms with van der Waals surface area (Å²) in [5.74, 6) is -1.48. The number of amides is 3. The molecule has 1 heterocycles. The van der Waals surface area contributed by atoms with Crippen molar-refractivity contribution in [1.29, 1.82) is 0 Å². The maximum absolute atomic E-state index is 12.3. The SMILES string of the molecule is CCOC(=O)C1=C(COC(=O)CNC(=O)c2ccccc2OC)NC(=O)N[C@H]1CC. The maximum Gasteiger partial charge on any atom is 0.338 e. The van der Waals surface area contributed by atoms with Gasteiger partial charge in [0.25, 0.3) is 5.91 Å². The van der Waals surface area contributed by atoms with Crippen LogP contribution in [0.4, 0.5) is 4.79 Å². The number of urea groups is 1. The summed E-state index contributed by atoms with van der Waals surface area (Å²) < 4.78 is 15.3. The first-order valence-corrected chi connectivity index (χ1v) is 9.45. The number of nitrogens with one attached hydrogen (secondary N) is 3. The topological polar surface area (TPSA) is 132 Å². The fourth-order valence-electron chi connectivity index (χ4n) is 2.86. The zero-order valence-corrected chi connectivity index (χ0v) is 17.1. The van der Waals surface area contributed by atoms with Crippen LogP contribution in [0.25, 0.3) is 0 Å². The molecule has 0 saturated carbocycles. The number of carbonyl (C=O) groups excluding carboxylic acids is 4. The molecule has 0 radical (unpaired) electrons. The van der Waals surface area contributed by atoms with Gasteiger partial charge >= 0.3 is 18.0 Å². The second kappa shape index (κ2) is 10.8. The molecule has 1 aromatic rings. The molecule has 0 spiro atoms. The molecule has 162 valence electrons. The molecule has 3 amide bonds. The number of hydrogen-bond acceptors (Lipinski definition) is 7. The molecule has 0 saturated heterocycles. The lowest BCUT2D eigenvalue weighted by atomic mass is 10.0. The minimum absolute atomic E-state index is 0.147. The van der Waals surface area contributed by atoms with Crippen molar-refractivity contribution in [2.45, 2.75) is 26.3 Å². The molecule has 1 aliphatic heterocycles. The van der Waals surface area contributed by atoms with Crippen LogP contribution in [0.2, 0.25) is 0 Å². The van der Waals surface area contributed by atoms with Crippen molar-refractivity contribution in [2.75, 3.05) is 26.9 Å². The van der Waals surface area contributed by atoms with E-state index in [-0.39, 0.29) is 30.0 Å². The molecule has 1 aliphatic rings. The molecule has 0 aromatic heterocycles. The van der Waals surface area contributed by atoms with Gasteiger partial charge < -0.3 is 30.2 Å². The Hall–Kier alpha value is -3.56. The smallest absolute Gasteiger partial charge is 0.338 e. The van der Waals surface area contributed by atoms with Gasteiger partial charge in [-0.15, -0.1) is 0 Å². The molecule has 10 heteroatoms. The second-order valence-electron chi connectivity index (χ2n) is 6.22. The average molecular weight is 419 g/mol. The van der Waals surface area contributed by atoms with E-state index >= 15 is 0 Å². The Labute approximate surface area is 173 Å². The summed E-state index contributed by atoms with van der Waals surface area (Å²) in [4.78, 5) is 48.4. The molecule has 3 N–H and O–H groups in total. The van der Waals surface area contributed by atoms with Crippen molar-refractivity contribution in [3.8, 4) is 5.75 Å². The number of benzene rings is 1. The second-order valence-corrected chi connectivity index (χ2v) is 6.22. The van der Waals surface area contributed by atoms with Crippen LogP contribution < -0.4 is 20.7 Å². The van der Waals surface area contributed by atoms with E-state index in [4.69, 9.17) is 14.2 Å². The third kappa shape index (κ3) is 5.72. The number of hydrogen-bond donors (Lipinski definition) is 3. The van der Waals surface area contributed by atoms with Gasteiger partial charge in [-0.05, 0) is 25.5 Å². The van der Waals surface area contributed by atoms with E-state index in [0.29, 0.717) is 12.2 Å². The van der Waals surface area contributed by atoms with Crippen molar-refractivity contribution >= 4 is 23.9 Å². The Morgan fingerprint density at radius 2 is 1.87 bits per heavy atom.